The van der Waals surface area contributed by atoms with Gasteiger partial charge in [-0.25, -0.2) is 0 Å². The lowest BCUT2D eigenvalue weighted by molar-refractivity contribution is 0.355. The first kappa shape index (κ1) is 18.2. The highest BCUT2D eigenvalue weighted by Crippen LogP contribution is 2.31. The van der Waals surface area contributed by atoms with E-state index in [2.05, 4.69) is 25.8 Å². The minimum absolute atomic E-state index is 0.351. The third kappa shape index (κ3) is 4.35. The van der Waals surface area contributed by atoms with Gasteiger partial charge in [-0.15, -0.1) is 5.10 Å². The second-order valence-electron chi connectivity index (χ2n) is 5.69. The molecule has 0 fully saturated rings. The van der Waals surface area contributed by atoms with Crippen LogP contribution in [0.15, 0.2) is 42.6 Å². The van der Waals surface area contributed by atoms with E-state index in [1.807, 2.05) is 43.3 Å². The van der Waals surface area contributed by atoms with Gasteiger partial charge in [-0.1, -0.05) is 6.07 Å². The molecule has 0 aliphatic rings. The summed E-state index contributed by atoms with van der Waals surface area (Å²) in [4.78, 5) is 4.44. The first-order chi connectivity index (χ1) is 13.1. The maximum Gasteiger partial charge on any atom is 0.249 e. The molecule has 0 spiro atoms. The molecule has 0 bridgehead atoms. The Morgan fingerprint density at radius 3 is 2.30 bits per heavy atom. The largest absolute Gasteiger partial charge is 0.495 e. The number of ether oxygens (including phenoxy) is 3. The van der Waals surface area contributed by atoms with Crippen molar-refractivity contribution in [3.63, 3.8) is 0 Å². The third-order valence-corrected chi connectivity index (χ3v) is 3.82. The molecule has 0 amide bonds. The highest BCUT2D eigenvalue weighted by Gasteiger charge is 2.09. The zero-order valence-electron chi connectivity index (χ0n) is 15.6. The number of rotatable bonds is 7. The Labute approximate surface area is 157 Å². The molecule has 0 saturated carbocycles. The van der Waals surface area contributed by atoms with Crippen LogP contribution in [0.5, 0.6) is 17.2 Å². The summed E-state index contributed by atoms with van der Waals surface area (Å²) < 4.78 is 15.9. The second-order valence-corrected chi connectivity index (χ2v) is 5.69. The molecule has 1 heterocycles. The summed E-state index contributed by atoms with van der Waals surface area (Å²) in [5.41, 5.74) is 2.64. The standard InChI is InChI=1S/C19H21N5O3/c1-12-5-7-15(25-2)14(9-12)22-19-23-18(11-20-24-19)21-13-6-8-16(26-3)17(10-13)27-4/h5-11H,1-4H3,(H2,21,22,23,24). The molecule has 0 aliphatic heterocycles. The number of nitrogens with one attached hydrogen (secondary N) is 2. The lowest BCUT2D eigenvalue weighted by Gasteiger charge is -2.12. The van der Waals surface area contributed by atoms with Crippen molar-refractivity contribution in [3.8, 4) is 17.2 Å². The van der Waals surface area contributed by atoms with Crippen molar-refractivity contribution in [1.82, 2.24) is 15.2 Å². The van der Waals surface area contributed by atoms with E-state index in [1.165, 1.54) is 6.20 Å². The van der Waals surface area contributed by atoms with E-state index >= 15 is 0 Å². The lowest BCUT2D eigenvalue weighted by atomic mass is 10.2. The molecule has 0 aliphatic carbocycles. The normalized spacial score (nSPS) is 10.2. The molecule has 8 heteroatoms. The van der Waals surface area contributed by atoms with Crippen LogP contribution in [0.2, 0.25) is 0 Å². The van der Waals surface area contributed by atoms with Crippen LogP contribution in [-0.4, -0.2) is 36.5 Å². The molecule has 0 atom stereocenters. The Hall–Kier alpha value is -3.55. The number of nitrogens with zero attached hydrogens (tertiary/aromatic N) is 3. The van der Waals surface area contributed by atoms with Gasteiger partial charge in [-0.2, -0.15) is 10.1 Å². The van der Waals surface area contributed by atoms with E-state index in [9.17, 15) is 0 Å². The summed E-state index contributed by atoms with van der Waals surface area (Å²) in [6, 6.07) is 11.3. The van der Waals surface area contributed by atoms with Crippen molar-refractivity contribution in [2.75, 3.05) is 32.0 Å². The minimum atomic E-state index is 0.351. The molecule has 140 valence electrons. The predicted octanol–water partition coefficient (Wildman–Crippen LogP) is 3.69. The molecular weight excluding hydrogens is 346 g/mol. The lowest BCUT2D eigenvalue weighted by Crippen LogP contribution is -2.03. The SMILES string of the molecule is COc1ccc(C)cc1Nc1nncc(Nc2ccc(OC)c(OC)c2)n1. The first-order valence-corrected chi connectivity index (χ1v) is 8.23. The van der Waals surface area contributed by atoms with Gasteiger partial charge in [-0.05, 0) is 36.8 Å². The van der Waals surface area contributed by atoms with Crippen molar-refractivity contribution in [2.24, 2.45) is 0 Å². The topological polar surface area (TPSA) is 90.4 Å². The molecular formula is C19H21N5O3. The number of methoxy groups -OCH3 is 3. The Bertz CT molecular complexity index is 933. The monoisotopic (exact) mass is 367 g/mol. The van der Waals surface area contributed by atoms with Gasteiger partial charge < -0.3 is 24.8 Å². The molecule has 0 saturated heterocycles. The van der Waals surface area contributed by atoms with Gasteiger partial charge >= 0.3 is 0 Å². The zero-order valence-corrected chi connectivity index (χ0v) is 15.6. The van der Waals surface area contributed by atoms with Crippen LogP contribution in [0.4, 0.5) is 23.1 Å². The maximum atomic E-state index is 5.37. The summed E-state index contributed by atoms with van der Waals surface area (Å²) in [7, 11) is 4.80. The molecule has 0 radical (unpaired) electrons. The molecule has 8 nitrogen and oxygen atoms in total. The van der Waals surface area contributed by atoms with Crippen molar-refractivity contribution in [1.29, 1.82) is 0 Å². The average Bonchev–Trinajstić information content (AvgIpc) is 2.68. The van der Waals surface area contributed by atoms with Crippen LogP contribution in [-0.2, 0) is 0 Å². The van der Waals surface area contributed by atoms with Gasteiger partial charge in [0.25, 0.3) is 0 Å². The van der Waals surface area contributed by atoms with Gasteiger partial charge in [0, 0.05) is 11.8 Å². The number of hydrogen-bond acceptors (Lipinski definition) is 8. The number of aryl methyl sites for hydroxylation is 1. The van der Waals surface area contributed by atoms with Gasteiger partial charge in [0.2, 0.25) is 5.95 Å². The average molecular weight is 367 g/mol. The summed E-state index contributed by atoms with van der Waals surface area (Å²) in [6.07, 6.45) is 1.54. The molecule has 3 rings (SSSR count). The van der Waals surface area contributed by atoms with Crippen LogP contribution >= 0.6 is 0 Å². The van der Waals surface area contributed by atoms with Gasteiger partial charge in [-0.3, -0.25) is 0 Å². The fourth-order valence-corrected chi connectivity index (χ4v) is 2.52. The van der Waals surface area contributed by atoms with Crippen LogP contribution in [0, 0.1) is 6.92 Å². The summed E-state index contributed by atoms with van der Waals surface area (Å²) in [5.74, 6) is 2.85. The highest BCUT2D eigenvalue weighted by molar-refractivity contribution is 5.65. The fourth-order valence-electron chi connectivity index (χ4n) is 2.52. The number of hydrogen-bond donors (Lipinski definition) is 2. The summed E-state index contributed by atoms with van der Waals surface area (Å²) in [5, 5.41) is 14.3. The molecule has 1 aromatic heterocycles. The quantitative estimate of drug-likeness (QED) is 0.653. The summed E-state index contributed by atoms with van der Waals surface area (Å²) in [6.45, 7) is 2.00. The van der Waals surface area contributed by atoms with Gasteiger partial charge in [0.05, 0.1) is 33.2 Å². The Kier molecular flexibility index (Phi) is 5.55. The second kappa shape index (κ2) is 8.22. The smallest absolute Gasteiger partial charge is 0.249 e. The number of aromatic nitrogens is 3. The van der Waals surface area contributed by atoms with E-state index in [4.69, 9.17) is 14.2 Å². The molecule has 2 N–H and O–H groups in total. The van der Waals surface area contributed by atoms with E-state index in [1.54, 1.807) is 21.3 Å². The molecule has 2 aromatic carbocycles. The zero-order chi connectivity index (χ0) is 19.2. The van der Waals surface area contributed by atoms with E-state index in [0.29, 0.717) is 29.0 Å². The van der Waals surface area contributed by atoms with E-state index < -0.39 is 0 Å². The van der Waals surface area contributed by atoms with E-state index in [0.717, 1.165) is 16.9 Å². The predicted molar refractivity (Wildman–Crippen MR) is 104 cm³/mol. The van der Waals surface area contributed by atoms with Crippen LogP contribution in [0.25, 0.3) is 0 Å². The Morgan fingerprint density at radius 2 is 1.56 bits per heavy atom. The minimum Gasteiger partial charge on any atom is -0.495 e. The summed E-state index contributed by atoms with van der Waals surface area (Å²) >= 11 is 0. The first-order valence-electron chi connectivity index (χ1n) is 8.23. The molecule has 3 aromatic rings. The maximum absolute atomic E-state index is 5.37. The highest BCUT2D eigenvalue weighted by atomic mass is 16.5. The van der Waals surface area contributed by atoms with Gasteiger partial charge in [0.1, 0.15) is 5.75 Å². The van der Waals surface area contributed by atoms with Crippen LogP contribution < -0.4 is 24.8 Å². The Morgan fingerprint density at radius 1 is 0.815 bits per heavy atom. The third-order valence-electron chi connectivity index (χ3n) is 3.82. The van der Waals surface area contributed by atoms with Crippen molar-refractivity contribution in [2.45, 2.75) is 6.92 Å². The number of benzene rings is 2. The van der Waals surface area contributed by atoms with Crippen molar-refractivity contribution < 1.29 is 14.2 Å². The van der Waals surface area contributed by atoms with Gasteiger partial charge in [0.15, 0.2) is 17.3 Å². The molecule has 0 unspecified atom stereocenters. The van der Waals surface area contributed by atoms with Crippen LogP contribution in [0.3, 0.4) is 0 Å². The van der Waals surface area contributed by atoms with Crippen molar-refractivity contribution in [3.05, 3.63) is 48.2 Å². The number of anilines is 4. The fraction of sp³-hybridized carbons (Fsp3) is 0.211. The Balaban J connectivity index is 1.81. The van der Waals surface area contributed by atoms with Crippen molar-refractivity contribution >= 4 is 23.1 Å². The van der Waals surface area contributed by atoms with E-state index in [-0.39, 0.29) is 0 Å². The molecule has 27 heavy (non-hydrogen) atoms. The van der Waals surface area contributed by atoms with Crippen LogP contribution in [0.1, 0.15) is 5.56 Å².